The van der Waals surface area contributed by atoms with Crippen LogP contribution in [0, 0.1) is 0 Å². The van der Waals surface area contributed by atoms with E-state index in [9.17, 15) is 9.59 Å². The summed E-state index contributed by atoms with van der Waals surface area (Å²) in [5.74, 6) is -0.0907. The second kappa shape index (κ2) is 7.86. The van der Waals surface area contributed by atoms with Crippen LogP contribution >= 0.6 is 0 Å². The number of benzene rings is 1. The molecule has 0 spiro atoms. The summed E-state index contributed by atoms with van der Waals surface area (Å²) in [6, 6.07) is 8.24. The van der Waals surface area contributed by atoms with Crippen LogP contribution in [0.2, 0.25) is 0 Å². The van der Waals surface area contributed by atoms with Gasteiger partial charge in [0.25, 0.3) is 0 Å². The largest absolute Gasteiger partial charge is 0.444 e. The summed E-state index contributed by atoms with van der Waals surface area (Å²) in [7, 11) is 0. The minimum absolute atomic E-state index is 0.0907. The average Bonchev–Trinajstić information content (AvgIpc) is 2.93. The van der Waals surface area contributed by atoms with Gasteiger partial charge in [0.15, 0.2) is 0 Å². The SMILES string of the molecule is CC(C)(C)OC(=O)NCCC(=O)NCCc1ccc2cc[nH]c2c1. The summed E-state index contributed by atoms with van der Waals surface area (Å²) in [6.07, 6.45) is 2.40. The maximum absolute atomic E-state index is 11.8. The highest BCUT2D eigenvalue weighted by molar-refractivity contribution is 5.80. The van der Waals surface area contributed by atoms with E-state index >= 15 is 0 Å². The van der Waals surface area contributed by atoms with Crippen LogP contribution in [0.25, 0.3) is 10.9 Å². The molecule has 0 saturated heterocycles. The number of hydrogen-bond donors (Lipinski definition) is 3. The van der Waals surface area contributed by atoms with E-state index in [2.05, 4.69) is 33.8 Å². The highest BCUT2D eigenvalue weighted by Crippen LogP contribution is 2.14. The smallest absolute Gasteiger partial charge is 0.407 e. The number of H-pyrrole nitrogens is 1. The highest BCUT2D eigenvalue weighted by Gasteiger charge is 2.15. The van der Waals surface area contributed by atoms with E-state index in [0.29, 0.717) is 6.54 Å². The molecule has 0 aliphatic heterocycles. The van der Waals surface area contributed by atoms with Crippen LogP contribution in [0.15, 0.2) is 30.5 Å². The molecule has 130 valence electrons. The molecule has 6 nitrogen and oxygen atoms in total. The van der Waals surface area contributed by atoms with Crippen LogP contribution in [-0.4, -0.2) is 35.7 Å². The number of amides is 2. The van der Waals surface area contributed by atoms with Crippen LogP contribution in [0.4, 0.5) is 4.79 Å². The lowest BCUT2D eigenvalue weighted by molar-refractivity contribution is -0.120. The maximum atomic E-state index is 11.8. The Morgan fingerprint density at radius 3 is 2.67 bits per heavy atom. The molecule has 0 unspecified atom stereocenters. The standard InChI is InChI=1S/C18H25N3O3/c1-18(2,3)24-17(23)21-11-8-16(22)20-9-6-13-4-5-14-7-10-19-15(14)12-13/h4-5,7,10,12,19H,6,8-9,11H2,1-3H3,(H,20,22)(H,21,23). The van der Waals surface area contributed by atoms with Gasteiger partial charge in [-0.2, -0.15) is 0 Å². The van der Waals surface area contributed by atoms with Crippen molar-refractivity contribution < 1.29 is 14.3 Å². The van der Waals surface area contributed by atoms with Gasteiger partial charge in [-0.1, -0.05) is 12.1 Å². The summed E-state index contributed by atoms with van der Waals surface area (Å²) < 4.78 is 5.10. The number of aromatic nitrogens is 1. The molecule has 0 aliphatic rings. The molecule has 0 fully saturated rings. The van der Waals surface area contributed by atoms with E-state index in [-0.39, 0.29) is 18.9 Å². The van der Waals surface area contributed by atoms with E-state index < -0.39 is 11.7 Å². The number of fused-ring (bicyclic) bond motifs is 1. The molecule has 0 atom stereocenters. The van der Waals surface area contributed by atoms with Crippen molar-refractivity contribution in [3.05, 3.63) is 36.0 Å². The molecule has 2 amide bonds. The van der Waals surface area contributed by atoms with Crippen molar-refractivity contribution in [1.29, 1.82) is 0 Å². The number of carbonyl (C=O) groups is 2. The first kappa shape index (κ1) is 17.8. The Kier molecular flexibility index (Phi) is 5.84. The molecule has 0 saturated carbocycles. The van der Waals surface area contributed by atoms with Gasteiger partial charge >= 0.3 is 6.09 Å². The molecule has 0 bridgehead atoms. The van der Waals surface area contributed by atoms with E-state index in [1.165, 1.54) is 5.39 Å². The molecule has 24 heavy (non-hydrogen) atoms. The van der Waals surface area contributed by atoms with E-state index in [0.717, 1.165) is 17.5 Å². The van der Waals surface area contributed by atoms with Crippen molar-refractivity contribution in [3.8, 4) is 0 Å². The van der Waals surface area contributed by atoms with Crippen LogP contribution in [-0.2, 0) is 16.0 Å². The van der Waals surface area contributed by atoms with Gasteiger partial charge in [-0.3, -0.25) is 4.79 Å². The van der Waals surface area contributed by atoms with Gasteiger partial charge < -0.3 is 20.4 Å². The first-order chi connectivity index (χ1) is 11.3. The maximum Gasteiger partial charge on any atom is 0.407 e. The van der Waals surface area contributed by atoms with E-state index in [4.69, 9.17) is 4.74 Å². The third kappa shape index (κ3) is 5.95. The van der Waals surface area contributed by atoms with Crippen LogP contribution < -0.4 is 10.6 Å². The Bertz CT molecular complexity index is 701. The van der Waals surface area contributed by atoms with Crippen molar-refractivity contribution >= 4 is 22.9 Å². The van der Waals surface area contributed by atoms with Gasteiger partial charge in [-0.25, -0.2) is 4.79 Å². The first-order valence-electron chi connectivity index (χ1n) is 8.13. The molecule has 0 radical (unpaired) electrons. The fourth-order valence-electron chi connectivity index (χ4n) is 2.28. The van der Waals surface area contributed by atoms with Crippen LogP contribution in [0.1, 0.15) is 32.8 Å². The molecule has 3 N–H and O–H groups in total. The third-order valence-electron chi connectivity index (χ3n) is 3.38. The molecule has 2 aromatic rings. The van der Waals surface area contributed by atoms with Crippen molar-refractivity contribution in [2.24, 2.45) is 0 Å². The lowest BCUT2D eigenvalue weighted by Crippen LogP contribution is -2.35. The molecular formula is C18H25N3O3. The predicted molar refractivity (Wildman–Crippen MR) is 93.9 cm³/mol. The molecule has 1 aromatic heterocycles. The Morgan fingerprint density at radius 2 is 1.92 bits per heavy atom. The Balaban J connectivity index is 1.63. The van der Waals surface area contributed by atoms with Gasteiger partial charge in [0.1, 0.15) is 5.60 Å². The monoisotopic (exact) mass is 331 g/mol. The number of carbonyl (C=O) groups excluding carboxylic acids is 2. The van der Waals surface area contributed by atoms with Crippen molar-refractivity contribution in [1.82, 2.24) is 15.6 Å². The number of hydrogen-bond acceptors (Lipinski definition) is 3. The molecule has 1 heterocycles. The summed E-state index contributed by atoms with van der Waals surface area (Å²) in [5.41, 5.74) is 1.73. The number of ether oxygens (including phenoxy) is 1. The molecule has 2 rings (SSSR count). The van der Waals surface area contributed by atoms with Crippen molar-refractivity contribution in [3.63, 3.8) is 0 Å². The second-order valence-corrected chi connectivity index (χ2v) is 6.68. The quantitative estimate of drug-likeness (QED) is 0.761. The average molecular weight is 331 g/mol. The summed E-state index contributed by atoms with van der Waals surface area (Å²) >= 11 is 0. The van der Waals surface area contributed by atoms with Crippen LogP contribution in [0.5, 0.6) is 0 Å². The van der Waals surface area contributed by atoms with Gasteiger partial charge in [0, 0.05) is 31.2 Å². The Labute approximate surface area is 142 Å². The third-order valence-corrected chi connectivity index (χ3v) is 3.38. The summed E-state index contributed by atoms with van der Waals surface area (Å²) in [4.78, 5) is 26.4. The van der Waals surface area contributed by atoms with E-state index in [1.807, 2.05) is 12.3 Å². The molecule has 0 aliphatic carbocycles. The van der Waals surface area contributed by atoms with Crippen molar-refractivity contribution in [2.45, 2.75) is 39.2 Å². The number of nitrogens with one attached hydrogen (secondary N) is 3. The van der Waals surface area contributed by atoms with Gasteiger partial charge in [0.2, 0.25) is 5.91 Å². The number of aromatic amines is 1. The fraction of sp³-hybridized carbons (Fsp3) is 0.444. The first-order valence-corrected chi connectivity index (χ1v) is 8.13. The lowest BCUT2D eigenvalue weighted by Gasteiger charge is -2.19. The fourth-order valence-corrected chi connectivity index (χ4v) is 2.28. The topological polar surface area (TPSA) is 83.2 Å². The molecular weight excluding hydrogens is 306 g/mol. The Hall–Kier alpha value is -2.50. The molecule has 6 heteroatoms. The van der Waals surface area contributed by atoms with E-state index in [1.54, 1.807) is 20.8 Å². The summed E-state index contributed by atoms with van der Waals surface area (Å²) in [5, 5.41) is 6.60. The molecule has 1 aromatic carbocycles. The van der Waals surface area contributed by atoms with Gasteiger partial charge in [-0.15, -0.1) is 0 Å². The van der Waals surface area contributed by atoms with Gasteiger partial charge in [0.05, 0.1) is 0 Å². The van der Waals surface area contributed by atoms with Crippen molar-refractivity contribution in [2.75, 3.05) is 13.1 Å². The zero-order chi connectivity index (χ0) is 17.6. The zero-order valence-electron chi connectivity index (χ0n) is 14.4. The summed E-state index contributed by atoms with van der Waals surface area (Å²) in [6.45, 7) is 6.21. The number of alkyl carbamates (subject to hydrolysis) is 1. The van der Waals surface area contributed by atoms with Gasteiger partial charge in [-0.05, 0) is 50.3 Å². The highest BCUT2D eigenvalue weighted by atomic mass is 16.6. The lowest BCUT2D eigenvalue weighted by atomic mass is 10.1. The normalized spacial score (nSPS) is 11.3. The second-order valence-electron chi connectivity index (χ2n) is 6.68. The zero-order valence-corrected chi connectivity index (χ0v) is 14.4. The number of rotatable bonds is 6. The minimum atomic E-state index is -0.535. The predicted octanol–water partition coefficient (Wildman–Crippen LogP) is 2.74. The Morgan fingerprint density at radius 1 is 1.12 bits per heavy atom. The van der Waals surface area contributed by atoms with Crippen LogP contribution in [0.3, 0.4) is 0 Å². The minimum Gasteiger partial charge on any atom is -0.444 e.